The number of hydrogen-bond donors (Lipinski definition) is 1. The van der Waals surface area contributed by atoms with Crippen LogP contribution in [0.3, 0.4) is 0 Å². The molecule has 0 saturated carbocycles. The van der Waals surface area contributed by atoms with Crippen LogP contribution in [0.1, 0.15) is 38.8 Å². The Kier molecular flexibility index (Phi) is 5.23. The van der Waals surface area contributed by atoms with Crippen LogP contribution in [-0.4, -0.2) is 13.1 Å². The molecule has 0 spiro atoms. The summed E-state index contributed by atoms with van der Waals surface area (Å²) in [6.45, 7) is 12.2. The molecule has 0 heterocycles. The third kappa shape index (κ3) is 3.60. The van der Waals surface area contributed by atoms with Crippen molar-refractivity contribution in [2.45, 2.75) is 33.2 Å². The van der Waals surface area contributed by atoms with E-state index in [1.54, 1.807) is 0 Å². The fraction of sp³-hybridized carbons (Fsp3) is 0.467. The van der Waals surface area contributed by atoms with Crippen LogP contribution >= 0.6 is 0 Å². The first-order chi connectivity index (χ1) is 8.10. The molecule has 0 amide bonds. The Morgan fingerprint density at radius 1 is 1.35 bits per heavy atom. The SMILES string of the molecule is C=C(C)CN(CC)c1ccccc1[C@H](N)CC. The first-order valence-corrected chi connectivity index (χ1v) is 6.33. The Morgan fingerprint density at radius 2 is 2.00 bits per heavy atom. The summed E-state index contributed by atoms with van der Waals surface area (Å²) in [5.74, 6) is 0. The molecule has 2 nitrogen and oxygen atoms in total. The molecule has 0 aromatic heterocycles. The molecule has 0 aliphatic heterocycles. The van der Waals surface area contributed by atoms with Gasteiger partial charge in [0.15, 0.2) is 0 Å². The molecule has 94 valence electrons. The first kappa shape index (κ1) is 13.8. The lowest BCUT2D eigenvalue weighted by Crippen LogP contribution is -2.27. The first-order valence-electron chi connectivity index (χ1n) is 6.33. The van der Waals surface area contributed by atoms with Crippen LogP contribution < -0.4 is 10.6 Å². The molecule has 0 bridgehead atoms. The van der Waals surface area contributed by atoms with E-state index in [4.69, 9.17) is 5.73 Å². The lowest BCUT2D eigenvalue weighted by Gasteiger charge is -2.27. The lowest BCUT2D eigenvalue weighted by molar-refractivity contribution is 0.693. The van der Waals surface area contributed by atoms with Gasteiger partial charge in [0.25, 0.3) is 0 Å². The molecule has 1 atom stereocenters. The average molecular weight is 232 g/mol. The molecule has 0 radical (unpaired) electrons. The predicted molar refractivity (Wildman–Crippen MR) is 76.4 cm³/mol. The van der Waals surface area contributed by atoms with Crippen molar-refractivity contribution in [3.05, 3.63) is 42.0 Å². The zero-order valence-corrected chi connectivity index (χ0v) is 11.2. The molecule has 2 N–H and O–H groups in total. The monoisotopic (exact) mass is 232 g/mol. The fourth-order valence-electron chi connectivity index (χ4n) is 2.00. The number of para-hydroxylation sites is 1. The number of likely N-dealkylation sites (N-methyl/N-ethyl adjacent to an activating group) is 1. The highest BCUT2D eigenvalue weighted by atomic mass is 15.1. The maximum atomic E-state index is 6.17. The maximum Gasteiger partial charge on any atom is 0.0417 e. The van der Waals surface area contributed by atoms with Gasteiger partial charge < -0.3 is 10.6 Å². The summed E-state index contributed by atoms with van der Waals surface area (Å²) in [6, 6.07) is 8.53. The van der Waals surface area contributed by atoms with E-state index in [-0.39, 0.29) is 6.04 Å². The van der Waals surface area contributed by atoms with E-state index in [1.165, 1.54) is 16.8 Å². The van der Waals surface area contributed by atoms with Gasteiger partial charge in [0.05, 0.1) is 0 Å². The van der Waals surface area contributed by atoms with Crippen molar-refractivity contribution >= 4 is 5.69 Å². The largest absolute Gasteiger partial charge is 0.368 e. The minimum Gasteiger partial charge on any atom is -0.368 e. The van der Waals surface area contributed by atoms with Gasteiger partial charge in [-0.2, -0.15) is 0 Å². The molecule has 1 rings (SSSR count). The van der Waals surface area contributed by atoms with Gasteiger partial charge in [-0.15, -0.1) is 0 Å². The molecule has 2 heteroatoms. The van der Waals surface area contributed by atoms with E-state index in [0.717, 1.165) is 19.5 Å². The summed E-state index contributed by atoms with van der Waals surface area (Å²) in [5, 5.41) is 0. The highest BCUT2D eigenvalue weighted by Gasteiger charge is 2.13. The molecular weight excluding hydrogens is 208 g/mol. The standard InChI is InChI=1S/C15H24N2/c1-5-14(16)13-9-7-8-10-15(13)17(6-2)11-12(3)4/h7-10,14H,3,5-6,11,16H2,1-2,4H3/t14-/m1/s1. The van der Waals surface area contributed by atoms with Crippen molar-refractivity contribution in [2.24, 2.45) is 5.73 Å². The number of anilines is 1. The second kappa shape index (κ2) is 6.45. The van der Waals surface area contributed by atoms with Crippen LogP contribution in [0.4, 0.5) is 5.69 Å². The van der Waals surface area contributed by atoms with Crippen molar-refractivity contribution < 1.29 is 0 Å². The van der Waals surface area contributed by atoms with Crippen molar-refractivity contribution in [3.8, 4) is 0 Å². The van der Waals surface area contributed by atoms with Crippen molar-refractivity contribution in [1.82, 2.24) is 0 Å². The van der Waals surface area contributed by atoms with E-state index in [2.05, 4.69) is 56.5 Å². The van der Waals surface area contributed by atoms with Crippen LogP contribution in [0.5, 0.6) is 0 Å². The molecule has 0 unspecified atom stereocenters. The molecule has 1 aromatic carbocycles. The summed E-state index contributed by atoms with van der Waals surface area (Å²) in [6.07, 6.45) is 0.960. The second-order valence-corrected chi connectivity index (χ2v) is 4.54. The number of benzene rings is 1. The quantitative estimate of drug-likeness (QED) is 0.761. The normalized spacial score (nSPS) is 12.2. The lowest BCUT2D eigenvalue weighted by atomic mass is 10.0. The highest BCUT2D eigenvalue weighted by molar-refractivity contribution is 5.55. The molecule has 0 fully saturated rings. The van der Waals surface area contributed by atoms with Gasteiger partial charge in [0.1, 0.15) is 0 Å². The smallest absolute Gasteiger partial charge is 0.0417 e. The van der Waals surface area contributed by atoms with Crippen molar-refractivity contribution in [3.63, 3.8) is 0 Å². The third-order valence-electron chi connectivity index (χ3n) is 2.96. The van der Waals surface area contributed by atoms with Gasteiger partial charge in [-0.25, -0.2) is 0 Å². The minimum absolute atomic E-state index is 0.116. The summed E-state index contributed by atoms with van der Waals surface area (Å²) in [7, 11) is 0. The molecule has 0 aliphatic carbocycles. The second-order valence-electron chi connectivity index (χ2n) is 4.54. The summed E-state index contributed by atoms with van der Waals surface area (Å²) in [4.78, 5) is 2.33. The number of hydrogen-bond acceptors (Lipinski definition) is 2. The van der Waals surface area contributed by atoms with E-state index in [1.807, 2.05) is 0 Å². The molecule has 0 saturated heterocycles. The predicted octanol–water partition coefficient (Wildman–Crippen LogP) is 3.50. The number of nitrogens with zero attached hydrogens (tertiary/aromatic N) is 1. The average Bonchev–Trinajstić information content (AvgIpc) is 2.34. The van der Waals surface area contributed by atoms with E-state index >= 15 is 0 Å². The van der Waals surface area contributed by atoms with E-state index in [0.29, 0.717) is 0 Å². The van der Waals surface area contributed by atoms with Crippen LogP contribution in [-0.2, 0) is 0 Å². The van der Waals surface area contributed by atoms with E-state index in [9.17, 15) is 0 Å². The van der Waals surface area contributed by atoms with Gasteiger partial charge in [-0.3, -0.25) is 0 Å². The Morgan fingerprint density at radius 3 is 2.53 bits per heavy atom. The summed E-state index contributed by atoms with van der Waals surface area (Å²) in [5.41, 5.74) is 9.82. The maximum absolute atomic E-state index is 6.17. The van der Waals surface area contributed by atoms with Crippen molar-refractivity contribution in [1.29, 1.82) is 0 Å². The summed E-state index contributed by atoms with van der Waals surface area (Å²) >= 11 is 0. The summed E-state index contributed by atoms with van der Waals surface area (Å²) < 4.78 is 0. The fourth-order valence-corrected chi connectivity index (χ4v) is 2.00. The molecule has 17 heavy (non-hydrogen) atoms. The van der Waals surface area contributed by atoms with Gasteiger partial charge in [0.2, 0.25) is 0 Å². The van der Waals surface area contributed by atoms with Crippen LogP contribution in [0.15, 0.2) is 36.4 Å². The topological polar surface area (TPSA) is 29.3 Å². The van der Waals surface area contributed by atoms with E-state index < -0.39 is 0 Å². The number of nitrogens with two attached hydrogens (primary N) is 1. The van der Waals surface area contributed by atoms with Crippen LogP contribution in [0.25, 0.3) is 0 Å². The zero-order valence-electron chi connectivity index (χ0n) is 11.2. The van der Waals surface area contributed by atoms with Gasteiger partial charge in [-0.05, 0) is 31.9 Å². The van der Waals surface area contributed by atoms with Crippen molar-refractivity contribution in [2.75, 3.05) is 18.0 Å². The Hall–Kier alpha value is -1.28. The minimum atomic E-state index is 0.116. The third-order valence-corrected chi connectivity index (χ3v) is 2.96. The van der Waals surface area contributed by atoms with Gasteiger partial charge in [-0.1, -0.05) is 37.3 Å². The zero-order chi connectivity index (χ0) is 12.8. The number of rotatable bonds is 6. The molecule has 0 aliphatic rings. The Bertz CT molecular complexity index is 371. The Labute approximate surface area is 105 Å². The van der Waals surface area contributed by atoms with Crippen LogP contribution in [0.2, 0.25) is 0 Å². The molecule has 1 aromatic rings. The van der Waals surface area contributed by atoms with Crippen LogP contribution in [0, 0.1) is 0 Å². The van der Waals surface area contributed by atoms with Gasteiger partial charge >= 0.3 is 0 Å². The highest BCUT2D eigenvalue weighted by Crippen LogP contribution is 2.27. The van der Waals surface area contributed by atoms with Gasteiger partial charge in [0, 0.05) is 24.8 Å². The Balaban J connectivity index is 3.05. The molecular formula is C15H24N2.